The number of rotatable bonds is 6. The van der Waals surface area contributed by atoms with Crippen LogP contribution in [0, 0.1) is 5.92 Å². The minimum absolute atomic E-state index is 0.0568. The minimum Gasteiger partial charge on any atom is -0.336 e. The van der Waals surface area contributed by atoms with E-state index in [1.165, 1.54) is 30.6 Å². The molecule has 112 valence electrons. The fraction of sp³-hybridized carbons (Fsp3) is 0.857. The molecule has 6 heteroatoms. The van der Waals surface area contributed by atoms with Crippen molar-refractivity contribution in [3.05, 3.63) is 0 Å². The smallest absolute Gasteiger partial charge is 0.324 e. The fourth-order valence-electron chi connectivity index (χ4n) is 3.08. The summed E-state index contributed by atoms with van der Waals surface area (Å²) in [4.78, 5) is 27.4. The van der Waals surface area contributed by atoms with E-state index in [0.29, 0.717) is 25.7 Å². The van der Waals surface area contributed by atoms with Crippen LogP contribution >= 0.6 is 0 Å². The topological polar surface area (TPSA) is 64.7 Å². The molecule has 2 aliphatic heterocycles. The molecule has 3 aliphatic rings. The summed E-state index contributed by atoms with van der Waals surface area (Å²) >= 11 is 0. The molecule has 2 saturated heterocycles. The first-order chi connectivity index (χ1) is 9.72. The van der Waals surface area contributed by atoms with E-state index in [2.05, 4.69) is 15.5 Å². The van der Waals surface area contributed by atoms with Gasteiger partial charge in [-0.05, 0) is 38.1 Å². The predicted molar refractivity (Wildman–Crippen MR) is 75.3 cm³/mol. The second-order valence-corrected chi connectivity index (χ2v) is 6.21. The molecule has 0 bridgehead atoms. The van der Waals surface area contributed by atoms with Crippen LogP contribution in [0.1, 0.15) is 25.7 Å². The molecule has 0 aromatic rings. The summed E-state index contributed by atoms with van der Waals surface area (Å²) in [7, 11) is 0. The Morgan fingerprint density at radius 2 is 2.10 bits per heavy atom. The monoisotopic (exact) mass is 280 g/mol. The molecule has 6 nitrogen and oxygen atoms in total. The number of nitrogens with zero attached hydrogens (tertiary/aromatic N) is 2. The van der Waals surface area contributed by atoms with Gasteiger partial charge in [-0.1, -0.05) is 0 Å². The highest BCUT2D eigenvalue weighted by Gasteiger charge is 2.31. The third-order valence-corrected chi connectivity index (χ3v) is 4.37. The molecule has 0 spiro atoms. The van der Waals surface area contributed by atoms with E-state index in [0.717, 1.165) is 25.6 Å². The number of hydrogen-bond acceptors (Lipinski definition) is 4. The van der Waals surface area contributed by atoms with E-state index < -0.39 is 0 Å². The molecule has 0 aromatic heterocycles. The predicted octanol–water partition coefficient (Wildman–Crippen LogP) is 0.00220. The average Bonchev–Trinajstić information content (AvgIpc) is 2.89. The molecule has 3 fully saturated rings. The van der Waals surface area contributed by atoms with Gasteiger partial charge in [-0.15, -0.1) is 0 Å². The van der Waals surface area contributed by atoms with Gasteiger partial charge in [0.05, 0.1) is 6.54 Å². The Balaban J connectivity index is 1.53. The molecule has 3 amide bonds. The molecule has 3 rings (SSSR count). The molecular weight excluding hydrogens is 256 g/mol. The van der Waals surface area contributed by atoms with E-state index in [-0.39, 0.29) is 11.9 Å². The normalized spacial score (nSPS) is 26.4. The van der Waals surface area contributed by atoms with Crippen molar-refractivity contribution in [2.45, 2.75) is 31.7 Å². The van der Waals surface area contributed by atoms with Gasteiger partial charge in [0.2, 0.25) is 5.91 Å². The third-order valence-electron chi connectivity index (χ3n) is 4.37. The Bertz CT molecular complexity index is 377. The number of imide groups is 1. The first-order valence-electron chi connectivity index (χ1n) is 7.76. The highest BCUT2D eigenvalue weighted by Crippen LogP contribution is 2.30. The van der Waals surface area contributed by atoms with Gasteiger partial charge in [-0.25, -0.2) is 4.79 Å². The lowest BCUT2D eigenvalue weighted by atomic mass is 10.2. The molecule has 0 radical (unpaired) electrons. The maximum Gasteiger partial charge on any atom is 0.324 e. The number of nitrogens with one attached hydrogen (secondary N) is 2. The lowest BCUT2D eigenvalue weighted by molar-refractivity contribution is -0.128. The standard InChI is InChI=1S/C14H24N4O2/c19-13(18-7-6-16-14(18)20)10-17(8-11-3-4-11)9-12-2-1-5-15-12/h11-12,15H,1-10H2,(H,16,20). The van der Waals surface area contributed by atoms with E-state index in [1.54, 1.807) is 0 Å². The molecule has 1 saturated carbocycles. The number of hydrogen-bond donors (Lipinski definition) is 2. The zero-order chi connectivity index (χ0) is 13.9. The van der Waals surface area contributed by atoms with Crippen molar-refractivity contribution in [2.24, 2.45) is 5.92 Å². The zero-order valence-corrected chi connectivity index (χ0v) is 11.9. The van der Waals surface area contributed by atoms with Crippen molar-refractivity contribution in [3.8, 4) is 0 Å². The third kappa shape index (κ3) is 3.49. The summed E-state index contributed by atoms with van der Waals surface area (Å²) < 4.78 is 0. The van der Waals surface area contributed by atoms with Crippen molar-refractivity contribution in [3.63, 3.8) is 0 Å². The van der Waals surface area contributed by atoms with Crippen LogP contribution < -0.4 is 10.6 Å². The van der Waals surface area contributed by atoms with Gasteiger partial charge in [0.15, 0.2) is 0 Å². The van der Waals surface area contributed by atoms with Crippen molar-refractivity contribution in [1.82, 2.24) is 20.4 Å². The quantitative estimate of drug-likeness (QED) is 0.719. The molecule has 1 unspecified atom stereocenters. The molecule has 20 heavy (non-hydrogen) atoms. The van der Waals surface area contributed by atoms with Crippen molar-refractivity contribution >= 4 is 11.9 Å². The summed E-state index contributed by atoms with van der Waals surface area (Å²) in [6, 6.07) is 0.273. The van der Waals surface area contributed by atoms with Crippen LogP contribution in [0.15, 0.2) is 0 Å². The highest BCUT2D eigenvalue weighted by atomic mass is 16.2. The zero-order valence-electron chi connectivity index (χ0n) is 11.9. The SMILES string of the molecule is O=C(CN(CC1CC1)CC1CCCN1)N1CCNC1=O. The molecule has 1 aliphatic carbocycles. The van der Waals surface area contributed by atoms with Crippen molar-refractivity contribution < 1.29 is 9.59 Å². The number of carbonyl (C=O) groups is 2. The van der Waals surface area contributed by atoms with Crippen LogP contribution in [-0.4, -0.2) is 67.0 Å². The van der Waals surface area contributed by atoms with Crippen molar-refractivity contribution in [1.29, 1.82) is 0 Å². The molecular formula is C14H24N4O2. The molecule has 2 heterocycles. The van der Waals surface area contributed by atoms with Gasteiger partial charge >= 0.3 is 6.03 Å². The number of carbonyl (C=O) groups excluding carboxylic acids is 2. The first kappa shape index (κ1) is 13.8. The van der Waals surface area contributed by atoms with Gasteiger partial charge in [-0.2, -0.15) is 0 Å². The molecule has 1 atom stereocenters. The summed E-state index contributed by atoms with van der Waals surface area (Å²) in [6.07, 6.45) is 4.99. The maximum absolute atomic E-state index is 12.2. The van der Waals surface area contributed by atoms with E-state index in [9.17, 15) is 9.59 Å². The van der Waals surface area contributed by atoms with Crippen LogP contribution in [0.3, 0.4) is 0 Å². The van der Waals surface area contributed by atoms with Gasteiger partial charge in [-0.3, -0.25) is 14.6 Å². The maximum atomic E-state index is 12.2. The van der Waals surface area contributed by atoms with Crippen molar-refractivity contribution in [2.75, 3.05) is 39.3 Å². The summed E-state index contributed by atoms with van der Waals surface area (Å²) in [5.41, 5.74) is 0. The summed E-state index contributed by atoms with van der Waals surface area (Å²) in [5.74, 6) is 0.704. The number of amides is 3. The Kier molecular flexibility index (Phi) is 4.21. The van der Waals surface area contributed by atoms with E-state index >= 15 is 0 Å². The first-order valence-corrected chi connectivity index (χ1v) is 7.76. The van der Waals surface area contributed by atoms with Gasteiger partial charge in [0, 0.05) is 32.2 Å². The van der Waals surface area contributed by atoms with E-state index in [4.69, 9.17) is 0 Å². The second kappa shape index (κ2) is 6.10. The van der Waals surface area contributed by atoms with Gasteiger partial charge in [0.25, 0.3) is 0 Å². The minimum atomic E-state index is -0.236. The average molecular weight is 280 g/mol. The summed E-state index contributed by atoms with van der Waals surface area (Å²) in [6.45, 7) is 4.48. The van der Waals surface area contributed by atoms with Gasteiger partial charge in [0.1, 0.15) is 0 Å². The van der Waals surface area contributed by atoms with Crippen LogP contribution in [-0.2, 0) is 4.79 Å². The second-order valence-electron chi connectivity index (χ2n) is 6.21. The van der Waals surface area contributed by atoms with Gasteiger partial charge < -0.3 is 10.6 Å². The summed E-state index contributed by atoms with van der Waals surface area (Å²) in [5, 5.41) is 6.17. The Morgan fingerprint density at radius 1 is 1.25 bits per heavy atom. The molecule has 2 N–H and O–H groups in total. The van der Waals surface area contributed by atoms with Crippen LogP contribution in [0.5, 0.6) is 0 Å². The lowest BCUT2D eigenvalue weighted by Gasteiger charge is -2.26. The number of urea groups is 1. The largest absolute Gasteiger partial charge is 0.336 e. The van der Waals surface area contributed by atoms with E-state index in [1.807, 2.05) is 0 Å². The lowest BCUT2D eigenvalue weighted by Crippen LogP contribution is -2.46. The Hall–Kier alpha value is -1.14. The van der Waals surface area contributed by atoms with Crippen LogP contribution in [0.2, 0.25) is 0 Å². The Morgan fingerprint density at radius 3 is 2.70 bits per heavy atom. The van der Waals surface area contributed by atoms with Crippen LogP contribution in [0.25, 0.3) is 0 Å². The van der Waals surface area contributed by atoms with Crippen LogP contribution in [0.4, 0.5) is 4.79 Å². The Labute approximate surface area is 119 Å². The molecule has 0 aromatic carbocycles. The fourth-order valence-corrected chi connectivity index (χ4v) is 3.08. The highest BCUT2D eigenvalue weighted by molar-refractivity contribution is 5.96.